The number of nitrogens with one attached hydrogen (secondary N) is 1. The summed E-state index contributed by atoms with van der Waals surface area (Å²) in [4.78, 5) is 26.1. The summed E-state index contributed by atoms with van der Waals surface area (Å²) in [5, 5.41) is 3.15. The molecule has 2 amide bonds. The normalized spacial score (nSPS) is 10.1. The number of benzene rings is 2. The van der Waals surface area contributed by atoms with E-state index in [2.05, 4.69) is 11.9 Å². The summed E-state index contributed by atoms with van der Waals surface area (Å²) in [6.45, 7) is 4.29. The van der Waals surface area contributed by atoms with Crippen molar-refractivity contribution in [2.45, 2.75) is 4.90 Å². The minimum atomic E-state index is -0.378. The molecule has 0 atom stereocenters. The monoisotopic (exact) mass is 355 g/mol. The second-order valence-electron chi connectivity index (χ2n) is 5.23. The van der Waals surface area contributed by atoms with E-state index >= 15 is 0 Å². The van der Waals surface area contributed by atoms with Crippen molar-refractivity contribution in [2.75, 3.05) is 29.1 Å². The van der Waals surface area contributed by atoms with Crippen molar-refractivity contribution in [2.24, 2.45) is 5.73 Å². The lowest BCUT2D eigenvalue weighted by Crippen LogP contribution is -2.35. The van der Waals surface area contributed by atoms with Gasteiger partial charge in [0.2, 0.25) is 11.8 Å². The molecule has 0 aromatic heterocycles. The maximum atomic E-state index is 12.6. The highest BCUT2D eigenvalue weighted by Crippen LogP contribution is 2.26. The standard InChI is InChI=1S/C19H21N3O2S/c1-2-12-22(15-8-4-3-5-9-15)19(24)13-21-16-10-6-7-11-17(16)25-14-18(20)23/h2-11,21H,1,12-14H2,(H2,20,23). The molecule has 5 nitrogen and oxygen atoms in total. The molecule has 0 aliphatic rings. The first kappa shape index (κ1) is 18.6. The topological polar surface area (TPSA) is 75.4 Å². The summed E-state index contributed by atoms with van der Waals surface area (Å²) in [6, 6.07) is 17.0. The van der Waals surface area contributed by atoms with Gasteiger partial charge < -0.3 is 16.0 Å². The van der Waals surface area contributed by atoms with Crippen molar-refractivity contribution in [1.29, 1.82) is 0 Å². The highest BCUT2D eigenvalue weighted by molar-refractivity contribution is 8.00. The molecule has 2 rings (SSSR count). The first-order valence-corrected chi connectivity index (χ1v) is 8.80. The summed E-state index contributed by atoms with van der Waals surface area (Å²) < 4.78 is 0. The van der Waals surface area contributed by atoms with Crippen LogP contribution in [0.1, 0.15) is 0 Å². The zero-order chi connectivity index (χ0) is 18.1. The largest absolute Gasteiger partial charge is 0.375 e. The first-order valence-electron chi connectivity index (χ1n) is 7.82. The zero-order valence-corrected chi connectivity index (χ0v) is 14.7. The van der Waals surface area contributed by atoms with E-state index in [0.29, 0.717) is 6.54 Å². The van der Waals surface area contributed by atoms with Crippen LogP contribution in [0.5, 0.6) is 0 Å². The van der Waals surface area contributed by atoms with Crippen LogP contribution < -0.4 is 16.0 Å². The summed E-state index contributed by atoms with van der Waals surface area (Å²) in [7, 11) is 0. The molecule has 0 saturated carbocycles. The molecule has 0 spiro atoms. The van der Waals surface area contributed by atoms with Gasteiger partial charge in [-0.25, -0.2) is 0 Å². The van der Waals surface area contributed by atoms with Gasteiger partial charge in [0.05, 0.1) is 12.3 Å². The zero-order valence-electron chi connectivity index (χ0n) is 13.9. The number of nitrogens with zero attached hydrogens (tertiary/aromatic N) is 1. The van der Waals surface area contributed by atoms with Crippen LogP contribution in [0.15, 0.2) is 72.1 Å². The van der Waals surface area contributed by atoms with Gasteiger partial charge in [0, 0.05) is 22.8 Å². The van der Waals surface area contributed by atoms with Crippen LogP contribution in [-0.4, -0.2) is 30.7 Å². The summed E-state index contributed by atoms with van der Waals surface area (Å²) >= 11 is 1.34. The third-order valence-corrected chi connectivity index (χ3v) is 4.46. The van der Waals surface area contributed by atoms with E-state index in [1.165, 1.54) is 11.8 Å². The predicted octanol–water partition coefficient (Wildman–Crippen LogP) is 2.90. The summed E-state index contributed by atoms with van der Waals surface area (Å²) in [6.07, 6.45) is 1.70. The molecule has 2 aromatic rings. The minimum absolute atomic E-state index is 0.0687. The first-order chi connectivity index (χ1) is 12.1. The fourth-order valence-electron chi connectivity index (χ4n) is 2.24. The molecule has 130 valence electrons. The second-order valence-corrected chi connectivity index (χ2v) is 6.25. The lowest BCUT2D eigenvalue weighted by atomic mass is 10.2. The third-order valence-electron chi connectivity index (χ3n) is 3.37. The van der Waals surface area contributed by atoms with Crippen LogP contribution in [0.4, 0.5) is 11.4 Å². The molecular weight excluding hydrogens is 334 g/mol. The van der Waals surface area contributed by atoms with Crippen LogP contribution in [0, 0.1) is 0 Å². The average molecular weight is 355 g/mol. The van der Waals surface area contributed by atoms with E-state index in [0.717, 1.165) is 16.3 Å². The van der Waals surface area contributed by atoms with E-state index in [1.54, 1.807) is 11.0 Å². The number of anilines is 2. The van der Waals surface area contributed by atoms with Gasteiger partial charge in [-0.05, 0) is 24.3 Å². The van der Waals surface area contributed by atoms with Gasteiger partial charge in [0.1, 0.15) is 0 Å². The van der Waals surface area contributed by atoms with Crippen molar-refractivity contribution in [3.05, 3.63) is 67.3 Å². The average Bonchev–Trinajstić information content (AvgIpc) is 2.63. The van der Waals surface area contributed by atoms with Crippen molar-refractivity contribution in [1.82, 2.24) is 0 Å². The van der Waals surface area contributed by atoms with Crippen LogP contribution >= 0.6 is 11.8 Å². The van der Waals surface area contributed by atoms with E-state index < -0.39 is 0 Å². The Morgan fingerprint density at radius 2 is 1.80 bits per heavy atom. The maximum Gasteiger partial charge on any atom is 0.246 e. The number of nitrogens with two attached hydrogens (primary N) is 1. The number of hydrogen-bond donors (Lipinski definition) is 2. The quantitative estimate of drug-likeness (QED) is 0.536. The Bertz CT molecular complexity index is 734. The van der Waals surface area contributed by atoms with Gasteiger partial charge in [0.25, 0.3) is 0 Å². The molecule has 0 aliphatic heterocycles. The number of hydrogen-bond acceptors (Lipinski definition) is 4. The number of amides is 2. The van der Waals surface area contributed by atoms with Crippen molar-refractivity contribution in [3.63, 3.8) is 0 Å². The Morgan fingerprint density at radius 1 is 1.12 bits per heavy atom. The van der Waals surface area contributed by atoms with Crippen LogP contribution in [0.2, 0.25) is 0 Å². The number of carbonyl (C=O) groups excluding carboxylic acids is 2. The number of rotatable bonds is 9. The van der Waals surface area contributed by atoms with Crippen LogP contribution in [0.3, 0.4) is 0 Å². The molecule has 0 unspecified atom stereocenters. The van der Waals surface area contributed by atoms with E-state index in [-0.39, 0.29) is 24.1 Å². The number of primary amides is 1. The molecule has 0 bridgehead atoms. The number of para-hydroxylation sites is 2. The van der Waals surface area contributed by atoms with Gasteiger partial charge in [-0.3, -0.25) is 9.59 Å². The summed E-state index contributed by atoms with van der Waals surface area (Å²) in [5.41, 5.74) is 6.82. The molecular formula is C19H21N3O2S. The van der Waals surface area contributed by atoms with Gasteiger partial charge in [-0.1, -0.05) is 36.4 Å². The van der Waals surface area contributed by atoms with Gasteiger partial charge in [0.15, 0.2) is 0 Å². The van der Waals surface area contributed by atoms with Crippen molar-refractivity contribution >= 4 is 35.0 Å². The lowest BCUT2D eigenvalue weighted by Gasteiger charge is -2.22. The predicted molar refractivity (Wildman–Crippen MR) is 104 cm³/mol. The smallest absolute Gasteiger partial charge is 0.246 e. The highest BCUT2D eigenvalue weighted by Gasteiger charge is 2.14. The molecule has 0 radical (unpaired) electrons. The van der Waals surface area contributed by atoms with Gasteiger partial charge >= 0.3 is 0 Å². The van der Waals surface area contributed by atoms with E-state index in [1.807, 2.05) is 54.6 Å². The van der Waals surface area contributed by atoms with Crippen molar-refractivity contribution < 1.29 is 9.59 Å². The molecule has 25 heavy (non-hydrogen) atoms. The minimum Gasteiger partial charge on any atom is -0.375 e. The Kier molecular flexibility index (Phi) is 7.10. The molecule has 2 aromatic carbocycles. The van der Waals surface area contributed by atoms with Crippen molar-refractivity contribution in [3.8, 4) is 0 Å². The van der Waals surface area contributed by atoms with Crippen LogP contribution in [0.25, 0.3) is 0 Å². The number of carbonyl (C=O) groups is 2. The maximum absolute atomic E-state index is 12.6. The Labute approximate surface area is 151 Å². The SMILES string of the molecule is C=CCN(C(=O)CNc1ccccc1SCC(N)=O)c1ccccc1. The fourth-order valence-corrected chi connectivity index (χ4v) is 3.01. The lowest BCUT2D eigenvalue weighted by molar-refractivity contribution is -0.117. The second kappa shape index (κ2) is 9.54. The molecule has 3 N–H and O–H groups in total. The van der Waals surface area contributed by atoms with Gasteiger partial charge in [-0.15, -0.1) is 18.3 Å². The Morgan fingerprint density at radius 3 is 2.48 bits per heavy atom. The fraction of sp³-hybridized carbons (Fsp3) is 0.158. The highest BCUT2D eigenvalue weighted by atomic mass is 32.2. The van der Waals surface area contributed by atoms with Crippen LogP contribution in [-0.2, 0) is 9.59 Å². The van der Waals surface area contributed by atoms with Gasteiger partial charge in [-0.2, -0.15) is 0 Å². The van der Waals surface area contributed by atoms with E-state index in [9.17, 15) is 9.59 Å². The third kappa shape index (κ3) is 5.69. The summed E-state index contributed by atoms with van der Waals surface area (Å²) in [5.74, 6) is -0.253. The molecule has 0 fully saturated rings. The van der Waals surface area contributed by atoms with E-state index in [4.69, 9.17) is 5.73 Å². The molecule has 0 saturated heterocycles. The molecule has 0 heterocycles. The Balaban J connectivity index is 2.05. The molecule has 0 aliphatic carbocycles. The number of thioether (sulfide) groups is 1. The Hall–Kier alpha value is -2.73. The molecule has 6 heteroatoms.